The van der Waals surface area contributed by atoms with Gasteiger partial charge in [0, 0.05) is 5.56 Å². The molecule has 1 spiro atoms. The second kappa shape index (κ2) is 9.28. The Labute approximate surface area is 216 Å². The third-order valence-electron chi connectivity index (χ3n) is 8.23. The highest BCUT2D eigenvalue weighted by molar-refractivity contribution is 5.85. The molecule has 0 amide bonds. The Morgan fingerprint density at radius 2 is 1.95 bits per heavy atom. The van der Waals surface area contributed by atoms with E-state index in [1.165, 1.54) is 7.11 Å². The molecule has 1 heterocycles. The second-order valence-electron chi connectivity index (χ2n) is 10.2. The van der Waals surface area contributed by atoms with E-state index in [1.807, 2.05) is 12.1 Å². The minimum Gasteiger partial charge on any atom is -0.493 e. The number of aliphatic carboxylic acids is 2. The number of esters is 2. The SMILES string of the molecule is COc1ccc2c3c1O[C@@H]1C(OC(=O)[C@@H](O)CC(=O)O[C@@H](CC(=O)O)C(=O)O)=CC[C@]4(O)[C@@H](CCC[C@@]314)C2. The summed E-state index contributed by atoms with van der Waals surface area (Å²) < 4.78 is 22.0. The Morgan fingerprint density at radius 1 is 1.18 bits per heavy atom. The number of aliphatic hydroxyl groups excluding tert-OH is 1. The minimum atomic E-state index is -2.01. The molecule has 0 aromatic heterocycles. The van der Waals surface area contributed by atoms with Gasteiger partial charge in [0.2, 0.25) is 6.10 Å². The predicted octanol–water partition coefficient (Wildman–Crippen LogP) is 0.834. The minimum absolute atomic E-state index is 0.0176. The summed E-state index contributed by atoms with van der Waals surface area (Å²) in [5.74, 6) is -4.61. The van der Waals surface area contributed by atoms with E-state index in [0.29, 0.717) is 24.3 Å². The summed E-state index contributed by atoms with van der Waals surface area (Å²) in [4.78, 5) is 46.8. The van der Waals surface area contributed by atoms with E-state index >= 15 is 0 Å². The van der Waals surface area contributed by atoms with Crippen LogP contribution in [0.5, 0.6) is 11.5 Å². The molecule has 5 rings (SSSR count). The Hall–Kier alpha value is -3.64. The van der Waals surface area contributed by atoms with Gasteiger partial charge in [-0.2, -0.15) is 0 Å². The number of benzene rings is 1. The van der Waals surface area contributed by atoms with Crippen molar-refractivity contribution in [2.24, 2.45) is 5.92 Å². The van der Waals surface area contributed by atoms with Crippen molar-refractivity contribution < 1.29 is 58.6 Å². The lowest BCUT2D eigenvalue weighted by Crippen LogP contribution is -2.67. The lowest BCUT2D eigenvalue weighted by molar-refractivity contribution is -0.172. The molecule has 1 fully saturated rings. The number of aliphatic hydroxyl groups is 2. The standard InChI is InChI=1S/C26H28O12/c1-35-15-5-4-12-9-13-3-2-7-25-20(12)21(15)38-22(25)16(6-8-26(13,25)34)37-24(33)14(27)10-19(30)36-17(23(31)32)11-18(28)29/h4-6,13-14,17,22,27,34H,2-3,7-11H2,1H3,(H,28,29)(H,31,32)/t13-,14-,17-,22+,25+,26-/m0/s1. The summed E-state index contributed by atoms with van der Waals surface area (Å²) in [6, 6.07) is 3.78. The van der Waals surface area contributed by atoms with E-state index in [2.05, 4.69) is 4.74 Å². The molecule has 204 valence electrons. The maximum absolute atomic E-state index is 12.8. The third-order valence-corrected chi connectivity index (χ3v) is 8.23. The van der Waals surface area contributed by atoms with Crippen molar-refractivity contribution in [2.75, 3.05) is 7.11 Å². The molecule has 0 saturated heterocycles. The van der Waals surface area contributed by atoms with Crippen molar-refractivity contribution in [3.8, 4) is 11.5 Å². The van der Waals surface area contributed by atoms with Crippen molar-refractivity contribution in [3.05, 3.63) is 35.1 Å². The first kappa shape index (κ1) is 26.0. The summed E-state index contributed by atoms with van der Waals surface area (Å²) in [5.41, 5.74) is -0.117. The Balaban J connectivity index is 1.36. The average molecular weight is 532 g/mol. The van der Waals surface area contributed by atoms with Crippen LogP contribution >= 0.6 is 0 Å². The van der Waals surface area contributed by atoms with Crippen LogP contribution in [0.25, 0.3) is 0 Å². The van der Waals surface area contributed by atoms with Crippen LogP contribution in [0.1, 0.15) is 49.7 Å². The van der Waals surface area contributed by atoms with Crippen molar-refractivity contribution in [1.82, 2.24) is 0 Å². The van der Waals surface area contributed by atoms with E-state index in [9.17, 15) is 29.4 Å². The summed E-state index contributed by atoms with van der Waals surface area (Å²) in [5, 5.41) is 40.1. The number of hydrogen-bond acceptors (Lipinski definition) is 10. The van der Waals surface area contributed by atoms with E-state index < -0.39 is 66.0 Å². The fraction of sp³-hybridized carbons (Fsp3) is 0.538. The van der Waals surface area contributed by atoms with Gasteiger partial charge in [0.05, 0.1) is 31.0 Å². The number of ether oxygens (including phenoxy) is 4. The van der Waals surface area contributed by atoms with Crippen LogP contribution in [-0.4, -0.2) is 75.3 Å². The number of rotatable bonds is 9. The number of carboxylic acids is 2. The van der Waals surface area contributed by atoms with Gasteiger partial charge in [0.1, 0.15) is 5.76 Å². The molecular weight excluding hydrogens is 504 g/mol. The van der Waals surface area contributed by atoms with E-state index in [4.69, 9.17) is 24.4 Å². The first-order valence-electron chi connectivity index (χ1n) is 12.3. The zero-order valence-corrected chi connectivity index (χ0v) is 20.5. The molecule has 6 atom stereocenters. The molecule has 1 aromatic carbocycles. The Bertz CT molecular complexity index is 1240. The van der Waals surface area contributed by atoms with Gasteiger partial charge in [0.15, 0.2) is 23.7 Å². The second-order valence-corrected chi connectivity index (χ2v) is 10.2. The zero-order valence-electron chi connectivity index (χ0n) is 20.5. The quantitative estimate of drug-likeness (QED) is 0.329. The van der Waals surface area contributed by atoms with Gasteiger partial charge in [-0.25, -0.2) is 9.59 Å². The van der Waals surface area contributed by atoms with Crippen molar-refractivity contribution >= 4 is 23.9 Å². The molecule has 0 unspecified atom stereocenters. The van der Waals surface area contributed by atoms with Gasteiger partial charge in [-0.05, 0) is 49.3 Å². The van der Waals surface area contributed by atoms with Gasteiger partial charge in [-0.1, -0.05) is 12.5 Å². The predicted molar refractivity (Wildman–Crippen MR) is 124 cm³/mol. The van der Waals surface area contributed by atoms with Gasteiger partial charge < -0.3 is 39.4 Å². The van der Waals surface area contributed by atoms with Crippen LogP contribution in [0.2, 0.25) is 0 Å². The molecule has 38 heavy (non-hydrogen) atoms. The smallest absolute Gasteiger partial charge is 0.345 e. The molecule has 3 aliphatic carbocycles. The van der Waals surface area contributed by atoms with Crippen LogP contribution in [0.15, 0.2) is 24.0 Å². The highest BCUT2D eigenvalue weighted by Gasteiger charge is 2.71. The molecular formula is C26H28O12. The first-order valence-corrected chi connectivity index (χ1v) is 12.3. The molecule has 1 saturated carbocycles. The maximum Gasteiger partial charge on any atom is 0.345 e. The lowest BCUT2D eigenvalue weighted by Gasteiger charge is -2.59. The highest BCUT2D eigenvalue weighted by atomic mass is 16.6. The fourth-order valence-corrected chi connectivity index (χ4v) is 6.65. The molecule has 12 nitrogen and oxygen atoms in total. The number of carbonyl (C=O) groups is 4. The molecule has 4 aliphatic rings. The van der Waals surface area contributed by atoms with Crippen molar-refractivity contribution in [2.45, 2.75) is 74.3 Å². The summed E-state index contributed by atoms with van der Waals surface area (Å²) in [7, 11) is 1.51. The van der Waals surface area contributed by atoms with E-state index in [1.54, 1.807) is 6.08 Å². The van der Waals surface area contributed by atoms with Crippen LogP contribution in [-0.2, 0) is 40.5 Å². The van der Waals surface area contributed by atoms with E-state index in [-0.39, 0.29) is 18.1 Å². The van der Waals surface area contributed by atoms with Gasteiger partial charge in [0.25, 0.3) is 0 Å². The van der Waals surface area contributed by atoms with Crippen molar-refractivity contribution in [3.63, 3.8) is 0 Å². The lowest BCUT2D eigenvalue weighted by atomic mass is 9.47. The van der Waals surface area contributed by atoms with Crippen LogP contribution < -0.4 is 9.47 Å². The molecule has 0 radical (unpaired) electrons. The summed E-state index contributed by atoms with van der Waals surface area (Å²) in [6.45, 7) is 0. The monoisotopic (exact) mass is 532 g/mol. The maximum atomic E-state index is 12.8. The summed E-state index contributed by atoms with van der Waals surface area (Å²) >= 11 is 0. The number of carboxylic acid groups (broad SMARTS) is 2. The van der Waals surface area contributed by atoms with Crippen LogP contribution in [0.4, 0.5) is 0 Å². The van der Waals surface area contributed by atoms with Crippen LogP contribution in [0, 0.1) is 5.92 Å². The molecule has 4 N–H and O–H groups in total. The molecule has 12 heteroatoms. The highest BCUT2D eigenvalue weighted by Crippen LogP contribution is 2.67. The molecule has 2 bridgehead atoms. The largest absolute Gasteiger partial charge is 0.493 e. The third kappa shape index (κ3) is 3.81. The van der Waals surface area contributed by atoms with Gasteiger partial charge >= 0.3 is 23.9 Å². The Morgan fingerprint density at radius 3 is 2.63 bits per heavy atom. The van der Waals surface area contributed by atoms with Crippen molar-refractivity contribution in [1.29, 1.82) is 0 Å². The summed E-state index contributed by atoms with van der Waals surface area (Å²) in [6.07, 6.45) is -2.07. The number of methoxy groups -OCH3 is 1. The molecule has 1 aromatic rings. The Kier molecular flexibility index (Phi) is 6.35. The number of hydrogen-bond donors (Lipinski definition) is 4. The van der Waals surface area contributed by atoms with E-state index in [0.717, 1.165) is 24.0 Å². The zero-order chi connectivity index (χ0) is 27.4. The molecule has 1 aliphatic heterocycles. The first-order chi connectivity index (χ1) is 18.0. The number of carbonyl (C=O) groups excluding carboxylic acids is 2. The normalized spacial score (nSPS) is 29.6. The topological polar surface area (TPSA) is 186 Å². The van der Waals surface area contributed by atoms with Gasteiger partial charge in [-0.3, -0.25) is 9.59 Å². The fourth-order valence-electron chi connectivity index (χ4n) is 6.65. The average Bonchev–Trinajstić information content (AvgIpc) is 3.19. The van der Waals surface area contributed by atoms with Crippen LogP contribution in [0.3, 0.4) is 0 Å². The van der Waals surface area contributed by atoms with Gasteiger partial charge in [-0.15, -0.1) is 0 Å².